The molecule has 1 aliphatic carbocycles. The van der Waals surface area contributed by atoms with E-state index < -0.39 is 0 Å². The molecular weight excluding hydrogens is 326 g/mol. The van der Waals surface area contributed by atoms with E-state index in [0.717, 1.165) is 51.4 Å². The molecule has 1 saturated heterocycles. The quantitative estimate of drug-likeness (QED) is 0.393. The van der Waals surface area contributed by atoms with Gasteiger partial charge in [-0.3, -0.25) is 14.7 Å². The average molecular weight is 366 g/mol. The van der Waals surface area contributed by atoms with Gasteiger partial charge in [0.05, 0.1) is 6.04 Å². The summed E-state index contributed by atoms with van der Waals surface area (Å²) < 4.78 is 0. The fourth-order valence-corrected chi connectivity index (χ4v) is 4.43. The molecule has 0 aromatic rings. The molecule has 26 heavy (non-hydrogen) atoms. The first-order chi connectivity index (χ1) is 12.5. The van der Waals surface area contributed by atoms with Gasteiger partial charge in [-0.05, 0) is 50.5 Å². The van der Waals surface area contributed by atoms with Crippen molar-refractivity contribution in [1.82, 2.24) is 20.4 Å². The first-order valence-electron chi connectivity index (χ1n) is 10.4. The minimum Gasteiger partial charge on any atom is -0.356 e. The van der Waals surface area contributed by atoms with Crippen molar-refractivity contribution < 1.29 is 4.79 Å². The van der Waals surface area contributed by atoms with E-state index in [1.54, 1.807) is 4.90 Å². The molecule has 1 amide bonds. The molecule has 6 nitrogen and oxygen atoms in total. The Morgan fingerprint density at radius 3 is 2.58 bits per heavy atom. The zero-order chi connectivity index (χ0) is 19.0. The summed E-state index contributed by atoms with van der Waals surface area (Å²) in [6.07, 6.45) is 9.79. The molecule has 6 heteroatoms. The fraction of sp³-hybridized carbons (Fsp3) is 0.900. The maximum atomic E-state index is 12.3. The monoisotopic (exact) mass is 365 g/mol. The molecule has 1 unspecified atom stereocenters. The van der Waals surface area contributed by atoms with E-state index >= 15 is 0 Å². The lowest BCUT2D eigenvalue weighted by atomic mass is 9.83. The Morgan fingerprint density at radius 1 is 1.23 bits per heavy atom. The van der Waals surface area contributed by atoms with Crippen LogP contribution >= 0.6 is 0 Å². The number of hydrogen-bond donors (Lipinski definition) is 2. The molecule has 2 fully saturated rings. The highest BCUT2D eigenvalue weighted by Gasteiger charge is 2.32. The molecule has 0 aromatic carbocycles. The van der Waals surface area contributed by atoms with Gasteiger partial charge in [-0.2, -0.15) is 0 Å². The number of nitrogens with zero attached hydrogens (tertiary/aromatic N) is 3. The van der Waals surface area contributed by atoms with Gasteiger partial charge >= 0.3 is 0 Å². The molecule has 2 N–H and O–H groups in total. The van der Waals surface area contributed by atoms with Crippen LogP contribution < -0.4 is 10.6 Å². The lowest BCUT2D eigenvalue weighted by Gasteiger charge is -2.29. The summed E-state index contributed by atoms with van der Waals surface area (Å²) in [6.45, 7) is 6.22. The Kier molecular flexibility index (Phi) is 8.19. The summed E-state index contributed by atoms with van der Waals surface area (Å²) in [5, 5.41) is 6.98. The van der Waals surface area contributed by atoms with Gasteiger partial charge in [-0.1, -0.05) is 19.8 Å². The summed E-state index contributed by atoms with van der Waals surface area (Å²) in [5.41, 5.74) is 0.465. The number of amides is 1. The molecule has 1 aliphatic heterocycles. The molecule has 0 aromatic heterocycles. The second-order valence-electron chi connectivity index (χ2n) is 8.19. The average Bonchev–Trinajstić information content (AvgIpc) is 3.30. The number of nitrogens with one attached hydrogen (secondary N) is 2. The van der Waals surface area contributed by atoms with Crippen molar-refractivity contribution >= 4 is 11.9 Å². The van der Waals surface area contributed by atoms with Crippen molar-refractivity contribution in [3.05, 3.63) is 0 Å². The van der Waals surface area contributed by atoms with Gasteiger partial charge in [0.2, 0.25) is 5.91 Å². The minimum absolute atomic E-state index is 0.0780. The van der Waals surface area contributed by atoms with Gasteiger partial charge in [0.15, 0.2) is 5.96 Å². The third kappa shape index (κ3) is 5.60. The van der Waals surface area contributed by atoms with E-state index in [0.29, 0.717) is 5.41 Å². The zero-order valence-electron chi connectivity index (χ0n) is 17.3. The van der Waals surface area contributed by atoms with Crippen molar-refractivity contribution in [2.75, 3.05) is 47.3 Å². The predicted molar refractivity (Wildman–Crippen MR) is 108 cm³/mol. The van der Waals surface area contributed by atoms with Crippen LogP contribution in [-0.4, -0.2) is 75.0 Å². The number of guanidine groups is 1. The van der Waals surface area contributed by atoms with E-state index in [1.807, 2.05) is 21.1 Å². The molecule has 1 heterocycles. The summed E-state index contributed by atoms with van der Waals surface area (Å²) in [5.74, 6) is 1.15. The zero-order valence-corrected chi connectivity index (χ0v) is 17.3. The van der Waals surface area contributed by atoms with Gasteiger partial charge in [-0.25, -0.2) is 0 Å². The third-order valence-electron chi connectivity index (χ3n) is 6.27. The van der Waals surface area contributed by atoms with E-state index in [-0.39, 0.29) is 11.9 Å². The first kappa shape index (κ1) is 21.0. The maximum absolute atomic E-state index is 12.3. The van der Waals surface area contributed by atoms with E-state index in [4.69, 9.17) is 0 Å². The molecule has 1 atom stereocenters. The van der Waals surface area contributed by atoms with Crippen LogP contribution in [0.3, 0.4) is 0 Å². The Morgan fingerprint density at radius 2 is 1.96 bits per heavy atom. The highest BCUT2D eigenvalue weighted by atomic mass is 16.2. The van der Waals surface area contributed by atoms with Gasteiger partial charge in [0.1, 0.15) is 0 Å². The Labute approximate surface area is 159 Å². The number of hydrogen-bond acceptors (Lipinski definition) is 3. The van der Waals surface area contributed by atoms with Crippen LogP contribution in [0.5, 0.6) is 0 Å². The number of rotatable bonds is 8. The second kappa shape index (κ2) is 10.1. The van der Waals surface area contributed by atoms with E-state index in [2.05, 4.69) is 27.4 Å². The number of carbonyl (C=O) groups is 1. The minimum atomic E-state index is 0.0780. The molecule has 1 saturated carbocycles. The Balaban J connectivity index is 1.68. The van der Waals surface area contributed by atoms with Crippen LogP contribution in [0, 0.1) is 5.41 Å². The highest BCUT2D eigenvalue weighted by molar-refractivity contribution is 5.81. The molecule has 0 radical (unpaired) electrons. The SMILES string of the molecule is CCC1(CNC(=NC)NCCCN2CCCC2C(=O)N(C)C)CCCC1. The van der Waals surface area contributed by atoms with Crippen LogP contribution in [0.15, 0.2) is 4.99 Å². The van der Waals surface area contributed by atoms with Gasteiger partial charge in [-0.15, -0.1) is 0 Å². The Hall–Kier alpha value is -1.30. The van der Waals surface area contributed by atoms with Crippen molar-refractivity contribution in [2.24, 2.45) is 10.4 Å². The normalized spacial score (nSPS) is 23.2. The molecule has 150 valence electrons. The lowest BCUT2D eigenvalue weighted by molar-refractivity contribution is -0.133. The first-order valence-corrected chi connectivity index (χ1v) is 10.4. The van der Waals surface area contributed by atoms with Crippen molar-refractivity contribution in [2.45, 2.75) is 64.3 Å². The van der Waals surface area contributed by atoms with Gasteiger partial charge in [0.25, 0.3) is 0 Å². The van der Waals surface area contributed by atoms with Gasteiger partial charge in [0, 0.05) is 40.8 Å². The molecule has 2 rings (SSSR count). The van der Waals surface area contributed by atoms with Crippen LogP contribution in [0.4, 0.5) is 0 Å². The van der Waals surface area contributed by atoms with Crippen LogP contribution in [0.25, 0.3) is 0 Å². The highest BCUT2D eigenvalue weighted by Crippen LogP contribution is 2.40. The predicted octanol–water partition coefficient (Wildman–Crippen LogP) is 2.06. The summed E-state index contributed by atoms with van der Waals surface area (Å²) >= 11 is 0. The van der Waals surface area contributed by atoms with Crippen LogP contribution in [-0.2, 0) is 4.79 Å². The maximum Gasteiger partial charge on any atom is 0.239 e. The van der Waals surface area contributed by atoms with Gasteiger partial charge < -0.3 is 15.5 Å². The Bertz CT molecular complexity index is 471. The molecular formula is C20H39N5O. The topological polar surface area (TPSA) is 60.0 Å². The largest absolute Gasteiger partial charge is 0.356 e. The third-order valence-corrected chi connectivity index (χ3v) is 6.27. The summed E-state index contributed by atoms with van der Waals surface area (Å²) in [7, 11) is 5.54. The van der Waals surface area contributed by atoms with Crippen molar-refractivity contribution in [3.8, 4) is 0 Å². The smallest absolute Gasteiger partial charge is 0.239 e. The molecule has 0 bridgehead atoms. The van der Waals surface area contributed by atoms with Crippen LogP contribution in [0.1, 0.15) is 58.3 Å². The molecule has 2 aliphatic rings. The van der Waals surface area contributed by atoms with Crippen LogP contribution in [0.2, 0.25) is 0 Å². The lowest BCUT2D eigenvalue weighted by Crippen LogP contribution is -2.45. The number of aliphatic imine (C=N–C) groups is 1. The number of likely N-dealkylation sites (N-methyl/N-ethyl adjacent to an activating group) is 1. The number of carbonyl (C=O) groups excluding carboxylic acids is 1. The standard InChI is InChI=1S/C20H39N5O/c1-5-20(11-6-7-12-20)16-23-19(21-2)22-13-9-15-25-14-8-10-17(25)18(26)24(3)4/h17H,5-16H2,1-4H3,(H2,21,22,23). The second-order valence-corrected chi connectivity index (χ2v) is 8.19. The van der Waals surface area contributed by atoms with Crippen molar-refractivity contribution in [1.29, 1.82) is 0 Å². The van der Waals surface area contributed by atoms with E-state index in [1.165, 1.54) is 32.1 Å². The number of likely N-dealkylation sites (tertiary alicyclic amines) is 1. The summed E-state index contributed by atoms with van der Waals surface area (Å²) in [6, 6.07) is 0.0780. The summed E-state index contributed by atoms with van der Waals surface area (Å²) in [4.78, 5) is 20.7. The van der Waals surface area contributed by atoms with Crippen molar-refractivity contribution in [3.63, 3.8) is 0 Å². The van der Waals surface area contributed by atoms with E-state index in [9.17, 15) is 4.79 Å². The fourth-order valence-electron chi connectivity index (χ4n) is 4.43. The molecule has 0 spiro atoms.